The Morgan fingerprint density at radius 3 is 2.80 bits per heavy atom. The summed E-state index contributed by atoms with van der Waals surface area (Å²) in [5, 5.41) is 0. The molecule has 0 aliphatic carbocycles. The molecule has 168 valence electrons. The highest BCUT2D eigenvalue weighted by Crippen LogP contribution is 2.44. The van der Waals surface area contributed by atoms with Gasteiger partial charge in [0.15, 0.2) is 11.5 Å². The Balaban J connectivity index is 2.41. The highest BCUT2D eigenvalue weighted by molar-refractivity contribution is 5.76. The third-order valence-corrected chi connectivity index (χ3v) is 5.04. The number of benzene rings is 1. The first-order valence-electron chi connectivity index (χ1n) is 18.0. The van der Waals surface area contributed by atoms with Crippen LogP contribution in [-0.4, -0.2) is 50.1 Å². The number of esters is 1. The summed E-state index contributed by atoms with van der Waals surface area (Å²) >= 11 is 0. The van der Waals surface area contributed by atoms with Gasteiger partial charge in [0, 0.05) is 46.4 Å². The van der Waals surface area contributed by atoms with E-state index in [0.29, 0.717) is 6.92 Å². The molecule has 2 N–H and O–H groups in total. The third-order valence-electron chi connectivity index (χ3n) is 5.04. The van der Waals surface area contributed by atoms with Gasteiger partial charge in [-0.3, -0.25) is 9.69 Å². The molecule has 2 aliphatic rings. The van der Waals surface area contributed by atoms with Gasteiger partial charge in [0.1, 0.15) is 12.1 Å². The summed E-state index contributed by atoms with van der Waals surface area (Å²) in [5.74, 6) is -10.1. The predicted octanol–water partition coefficient (Wildman–Crippen LogP) is 3.56. The number of fused-ring (bicyclic) bond motifs is 3. The van der Waals surface area contributed by atoms with E-state index in [1.54, 1.807) is 0 Å². The average molecular weight is 436 g/mol. The van der Waals surface area contributed by atoms with Gasteiger partial charge in [-0.1, -0.05) is 27.6 Å². The van der Waals surface area contributed by atoms with E-state index < -0.39 is 100 Å². The predicted molar refractivity (Wildman–Crippen MR) is 118 cm³/mol. The molecule has 2 aliphatic heterocycles. The van der Waals surface area contributed by atoms with E-state index >= 15 is 0 Å². The van der Waals surface area contributed by atoms with E-state index in [9.17, 15) is 11.6 Å². The van der Waals surface area contributed by atoms with E-state index in [1.807, 2.05) is 0 Å². The van der Waals surface area contributed by atoms with Crippen LogP contribution in [0.3, 0.4) is 0 Å². The van der Waals surface area contributed by atoms with Crippen molar-refractivity contribution in [2.75, 3.05) is 27.1 Å². The molecule has 6 heteroatoms. The second-order valence-corrected chi connectivity index (χ2v) is 7.58. The van der Waals surface area contributed by atoms with Gasteiger partial charge in [0.25, 0.3) is 0 Å². The molecule has 0 aromatic heterocycles. The minimum absolute atomic E-state index is 0.139. The average Bonchev–Trinajstić information content (AvgIpc) is 2.86. The number of piperidine rings is 1. The number of carbonyl (C=O) groups is 1. The lowest BCUT2D eigenvalue weighted by atomic mass is 9.79. The van der Waals surface area contributed by atoms with Crippen molar-refractivity contribution < 1.29 is 42.3 Å². The van der Waals surface area contributed by atoms with Crippen LogP contribution in [0.1, 0.15) is 80.8 Å². The summed E-state index contributed by atoms with van der Waals surface area (Å²) in [6.45, 7) is -3.72. The maximum atomic E-state index is 13.2. The van der Waals surface area contributed by atoms with Crippen LogP contribution in [-0.2, 0) is 16.0 Å². The topological polar surface area (TPSA) is 74.0 Å². The highest BCUT2D eigenvalue weighted by Gasteiger charge is 2.41. The molecule has 0 bridgehead atoms. The summed E-state index contributed by atoms with van der Waals surface area (Å²) in [4.78, 5) is 14.0. The first-order valence-corrected chi connectivity index (χ1v) is 9.53. The molecule has 0 saturated carbocycles. The molecular weight excluding hydrogens is 380 g/mol. The number of hydrogen-bond donors (Lipinski definition) is 1. The molecule has 0 radical (unpaired) electrons. The molecule has 1 saturated heterocycles. The number of hydrogen-bond acceptors (Lipinski definition) is 6. The van der Waals surface area contributed by atoms with Gasteiger partial charge in [-0.15, -0.1) is 0 Å². The van der Waals surface area contributed by atoms with Crippen LogP contribution < -0.4 is 15.2 Å². The summed E-state index contributed by atoms with van der Waals surface area (Å²) in [7, 11) is -6.24. The smallest absolute Gasteiger partial charge is 0.323 e. The van der Waals surface area contributed by atoms with Crippen LogP contribution in [0, 0.1) is 17.7 Å². The van der Waals surface area contributed by atoms with E-state index in [-0.39, 0.29) is 17.5 Å². The number of nitrogens with two attached hydrogens (primary N) is 1. The summed E-state index contributed by atoms with van der Waals surface area (Å²) < 4.78 is 157. The first kappa shape index (κ1) is 9.37. The van der Waals surface area contributed by atoms with Crippen molar-refractivity contribution in [2.24, 2.45) is 23.4 Å². The summed E-state index contributed by atoms with van der Waals surface area (Å²) in [5.41, 5.74) is 5.88. The fraction of sp³-hybridized carbons (Fsp3) is 0.708. The Kier molecular flexibility index (Phi) is 2.99. The Morgan fingerprint density at radius 1 is 1.40 bits per heavy atom. The quantitative estimate of drug-likeness (QED) is 0.660. The van der Waals surface area contributed by atoms with Gasteiger partial charge < -0.3 is 19.9 Å². The van der Waals surface area contributed by atoms with Crippen molar-refractivity contribution in [3.63, 3.8) is 0 Å². The van der Waals surface area contributed by atoms with Crippen LogP contribution in [0.2, 0.25) is 0 Å². The molecule has 2 heterocycles. The summed E-state index contributed by atoms with van der Waals surface area (Å²) in [6, 6.07) is -1.35. The number of nitrogens with zero attached hydrogens (tertiary/aromatic N) is 1. The Bertz CT molecular complexity index is 1360. The maximum Gasteiger partial charge on any atom is 0.323 e. The molecule has 6 nitrogen and oxygen atoms in total. The zero-order chi connectivity index (χ0) is 36.7. The summed E-state index contributed by atoms with van der Waals surface area (Å²) in [6.07, 6.45) is -9.92. The number of ether oxygens (including phenoxy) is 3. The zero-order valence-corrected chi connectivity index (χ0v) is 17.0. The normalized spacial score (nSPS) is 42.8. The maximum absolute atomic E-state index is 13.2. The number of carbonyl (C=O) groups excluding carboxylic acids is 1. The molecule has 1 fully saturated rings. The molecule has 0 amide bonds. The monoisotopic (exact) mass is 435 g/mol. The van der Waals surface area contributed by atoms with Gasteiger partial charge in [0.2, 0.25) is 0 Å². The second kappa shape index (κ2) is 9.56. The molecule has 30 heavy (non-hydrogen) atoms. The molecule has 1 aromatic carbocycles. The molecule has 5 atom stereocenters. The Hall–Kier alpha value is -1.79. The van der Waals surface area contributed by atoms with Crippen molar-refractivity contribution in [3.8, 4) is 11.5 Å². The Morgan fingerprint density at radius 2 is 2.13 bits per heavy atom. The van der Waals surface area contributed by atoms with E-state index in [1.165, 1.54) is 13.8 Å². The number of rotatable bonds is 7. The lowest BCUT2D eigenvalue weighted by molar-refractivity contribution is -0.160. The van der Waals surface area contributed by atoms with Gasteiger partial charge in [-0.2, -0.15) is 0 Å². The van der Waals surface area contributed by atoms with Crippen molar-refractivity contribution in [3.05, 3.63) is 23.3 Å². The van der Waals surface area contributed by atoms with Crippen LogP contribution in [0.5, 0.6) is 11.5 Å². The SMILES string of the molecule is [2H]C([2H])([2H])Oc1cc2c(cc1OC([2H])([2H])[2H])C1N(CC2)C([2H])([2H])C([2H])(C([2H])([2H])C([2H])(C)C([2H])([2H])[2H])C(OC(=O)[C@@H](N)C(C)C)C1([2H])[2H]. The van der Waals surface area contributed by atoms with Crippen molar-refractivity contribution in [2.45, 2.75) is 65.0 Å². The van der Waals surface area contributed by atoms with Gasteiger partial charge >= 0.3 is 5.97 Å². The van der Waals surface area contributed by atoms with Crippen molar-refractivity contribution >= 4 is 5.97 Å². The lowest BCUT2D eigenvalue weighted by Crippen LogP contribution is -2.51. The Labute approximate surface area is 204 Å². The van der Waals surface area contributed by atoms with Crippen LogP contribution in [0.25, 0.3) is 0 Å². The van der Waals surface area contributed by atoms with Crippen molar-refractivity contribution in [1.82, 2.24) is 4.90 Å². The second-order valence-electron chi connectivity index (χ2n) is 7.58. The number of methoxy groups -OCH3 is 2. The lowest BCUT2D eigenvalue weighted by Gasteiger charge is -2.47. The van der Waals surface area contributed by atoms with Crippen molar-refractivity contribution in [1.29, 1.82) is 0 Å². The fourth-order valence-corrected chi connectivity index (χ4v) is 3.38. The van der Waals surface area contributed by atoms with Crippen LogP contribution >= 0.6 is 0 Å². The largest absolute Gasteiger partial charge is 0.493 e. The van der Waals surface area contributed by atoms with Gasteiger partial charge in [-0.25, -0.2) is 0 Å². The van der Waals surface area contributed by atoms with Crippen LogP contribution in [0.15, 0.2) is 12.1 Å². The zero-order valence-electron chi connectivity index (χ0n) is 34.0. The van der Waals surface area contributed by atoms with E-state index in [4.69, 9.17) is 36.4 Å². The molecule has 1 aromatic rings. The van der Waals surface area contributed by atoms with Crippen LogP contribution in [0.4, 0.5) is 0 Å². The minimum Gasteiger partial charge on any atom is -0.493 e. The van der Waals surface area contributed by atoms with E-state index in [2.05, 4.69) is 0 Å². The minimum atomic E-state index is -3.77. The highest BCUT2D eigenvalue weighted by atomic mass is 16.5. The van der Waals surface area contributed by atoms with E-state index in [0.717, 1.165) is 17.0 Å². The third kappa shape index (κ3) is 4.75. The molecule has 0 spiro atoms. The fourth-order valence-electron chi connectivity index (χ4n) is 3.38. The molecule has 4 unspecified atom stereocenters. The molecular formula is C24H38N2O4. The van der Waals surface area contributed by atoms with Gasteiger partial charge in [0.05, 0.1) is 22.3 Å². The van der Waals surface area contributed by atoms with Gasteiger partial charge in [-0.05, 0) is 47.9 Å². The molecule has 3 rings (SSSR count). The standard InChI is InChI=1S/C24H38N2O4/c1-14(2)9-17-13-26-8-7-16-10-21(28-5)22(29-6)11-18(16)19(26)12-20(17)30-24(27)23(25)15(3)4/h10-11,14-15,17,19-20,23H,7-9,12-13,25H2,1-6H3/t17?,19?,20?,23-/m0/s1/i1D3,5D3,6D3,9D2,12D2,13D2,14D,17D/t14?,17?,19?,20?,23-. The first-order chi connectivity index (χ1) is 20.8.